The first-order chi connectivity index (χ1) is 18.7. The highest BCUT2D eigenvalue weighted by atomic mass is 16.5. The minimum absolute atomic E-state index is 0.117. The Morgan fingerprint density at radius 1 is 0.684 bits per heavy atom. The van der Waals surface area contributed by atoms with Crippen LogP contribution in [-0.2, 0) is 19.5 Å². The molecule has 1 fully saturated rings. The van der Waals surface area contributed by atoms with E-state index in [1.165, 1.54) is 11.1 Å². The molecule has 0 unspecified atom stereocenters. The predicted octanol–water partition coefficient (Wildman–Crippen LogP) is 6.68. The molecule has 1 saturated heterocycles. The standard InChI is InChI=1S/C33H33N3O2/c37-33-35(23-18-26-10-3-1-4-11-26)31-16-7-8-17-32(31)36(33)28-19-21-34(22-20-28)25-27-12-9-15-30(24-27)38-29-13-5-2-6-14-29/h1-17,24,28H,18-23,25H2. The zero-order valence-electron chi connectivity index (χ0n) is 21.6. The monoisotopic (exact) mass is 503 g/mol. The van der Waals surface area contributed by atoms with E-state index >= 15 is 0 Å². The first-order valence-electron chi connectivity index (χ1n) is 13.5. The summed E-state index contributed by atoms with van der Waals surface area (Å²) in [6.45, 7) is 3.50. The molecule has 6 rings (SSSR count). The third-order valence-corrected chi connectivity index (χ3v) is 7.54. The number of benzene rings is 4. The molecular formula is C33H33N3O2. The van der Waals surface area contributed by atoms with Gasteiger partial charge in [-0.25, -0.2) is 4.79 Å². The normalized spacial score (nSPS) is 14.6. The average molecular weight is 504 g/mol. The number of piperidine rings is 1. The van der Waals surface area contributed by atoms with E-state index < -0.39 is 0 Å². The van der Waals surface area contributed by atoms with Crippen molar-refractivity contribution >= 4 is 11.0 Å². The number of likely N-dealkylation sites (tertiary alicyclic amines) is 1. The molecule has 0 bridgehead atoms. The van der Waals surface area contributed by atoms with Crippen LogP contribution >= 0.6 is 0 Å². The van der Waals surface area contributed by atoms with E-state index in [0.29, 0.717) is 6.54 Å². The molecule has 1 aliphatic rings. The summed E-state index contributed by atoms with van der Waals surface area (Å²) in [6, 6.07) is 37.1. The van der Waals surface area contributed by atoms with Gasteiger partial charge in [-0.2, -0.15) is 0 Å². The molecule has 5 nitrogen and oxygen atoms in total. The third kappa shape index (κ3) is 5.29. The second-order valence-electron chi connectivity index (χ2n) is 10.1. The maximum Gasteiger partial charge on any atom is 0.329 e. The van der Waals surface area contributed by atoms with Crippen LogP contribution in [0.25, 0.3) is 11.0 Å². The number of imidazole rings is 1. The Bertz CT molecular complexity index is 1550. The summed E-state index contributed by atoms with van der Waals surface area (Å²) < 4.78 is 10.1. The molecule has 0 atom stereocenters. The van der Waals surface area contributed by atoms with Gasteiger partial charge in [0.1, 0.15) is 11.5 Å². The van der Waals surface area contributed by atoms with Gasteiger partial charge >= 0.3 is 5.69 Å². The lowest BCUT2D eigenvalue weighted by Gasteiger charge is -2.32. The molecule has 0 amide bonds. The fourth-order valence-electron chi connectivity index (χ4n) is 5.61. The SMILES string of the molecule is O=c1n(CCc2ccccc2)c2ccccc2n1C1CCN(Cc2cccc(Oc3ccccc3)c2)CC1. The van der Waals surface area contributed by atoms with Crippen LogP contribution in [0.2, 0.25) is 0 Å². The topological polar surface area (TPSA) is 39.4 Å². The number of aryl methyl sites for hydroxylation is 2. The van der Waals surface area contributed by atoms with Gasteiger partial charge in [0.25, 0.3) is 0 Å². The van der Waals surface area contributed by atoms with Crippen molar-refractivity contribution in [2.45, 2.75) is 38.4 Å². The minimum Gasteiger partial charge on any atom is -0.457 e. The van der Waals surface area contributed by atoms with Gasteiger partial charge in [-0.15, -0.1) is 0 Å². The van der Waals surface area contributed by atoms with Crippen LogP contribution in [0, 0.1) is 0 Å². The summed E-state index contributed by atoms with van der Waals surface area (Å²) in [5.41, 5.74) is 4.70. The van der Waals surface area contributed by atoms with Crippen LogP contribution in [-0.4, -0.2) is 27.1 Å². The second-order valence-corrected chi connectivity index (χ2v) is 10.1. The van der Waals surface area contributed by atoms with E-state index in [-0.39, 0.29) is 11.7 Å². The molecule has 5 aromatic rings. The van der Waals surface area contributed by atoms with E-state index in [0.717, 1.165) is 61.4 Å². The highest BCUT2D eigenvalue weighted by Crippen LogP contribution is 2.28. The Morgan fingerprint density at radius 3 is 2.08 bits per heavy atom. The second kappa shape index (κ2) is 11.1. The van der Waals surface area contributed by atoms with Gasteiger partial charge in [0.15, 0.2) is 0 Å². The number of aromatic nitrogens is 2. The molecule has 192 valence electrons. The molecule has 0 aliphatic carbocycles. The van der Waals surface area contributed by atoms with Crippen molar-refractivity contribution in [2.75, 3.05) is 13.1 Å². The Kier molecular flexibility index (Phi) is 7.10. The Labute approximate surface area is 223 Å². The highest BCUT2D eigenvalue weighted by Gasteiger charge is 2.25. The van der Waals surface area contributed by atoms with E-state index in [1.807, 2.05) is 59.2 Å². The van der Waals surface area contributed by atoms with Crippen molar-refractivity contribution in [2.24, 2.45) is 0 Å². The van der Waals surface area contributed by atoms with Crippen LogP contribution in [0.1, 0.15) is 30.0 Å². The maximum atomic E-state index is 13.7. The van der Waals surface area contributed by atoms with Crippen LogP contribution in [0.5, 0.6) is 11.5 Å². The minimum atomic E-state index is 0.117. The Balaban J connectivity index is 1.14. The molecule has 0 radical (unpaired) electrons. The molecule has 2 heterocycles. The van der Waals surface area contributed by atoms with Gasteiger partial charge in [0.2, 0.25) is 0 Å². The molecule has 0 spiro atoms. The van der Waals surface area contributed by atoms with Crippen molar-refractivity contribution in [1.82, 2.24) is 14.0 Å². The molecule has 1 aliphatic heterocycles. The number of nitrogens with zero attached hydrogens (tertiary/aromatic N) is 3. The number of hydrogen-bond acceptors (Lipinski definition) is 3. The molecule has 0 saturated carbocycles. The molecular weight excluding hydrogens is 470 g/mol. The summed E-state index contributed by atoms with van der Waals surface area (Å²) in [5.74, 6) is 1.71. The van der Waals surface area contributed by atoms with Crippen LogP contribution in [0.4, 0.5) is 0 Å². The highest BCUT2D eigenvalue weighted by molar-refractivity contribution is 5.76. The van der Waals surface area contributed by atoms with Crippen molar-refractivity contribution in [1.29, 1.82) is 0 Å². The van der Waals surface area contributed by atoms with E-state index in [9.17, 15) is 4.79 Å². The molecule has 0 N–H and O–H groups in total. The van der Waals surface area contributed by atoms with Crippen molar-refractivity contribution < 1.29 is 4.74 Å². The third-order valence-electron chi connectivity index (χ3n) is 7.54. The van der Waals surface area contributed by atoms with Crippen LogP contribution < -0.4 is 10.4 Å². The summed E-state index contributed by atoms with van der Waals surface area (Å²) in [4.78, 5) is 16.2. The van der Waals surface area contributed by atoms with Gasteiger partial charge in [-0.3, -0.25) is 14.0 Å². The molecule has 4 aromatic carbocycles. The average Bonchev–Trinajstić information content (AvgIpc) is 3.24. The number of para-hydroxylation sites is 3. The summed E-state index contributed by atoms with van der Waals surface area (Å²) >= 11 is 0. The number of fused-ring (bicyclic) bond motifs is 1. The molecule has 1 aromatic heterocycles. The van der Waals surface area contributed by atoms with E-state index in [4.69, 9.17) is 4.74 Å². The molecule has 5 heteroatoms. The number of ether oxygens (including phenoxy) is 1. The zero-order chi connectivity index (χ0) is 25.7. The van der Waals surface area contributed by atoms with Crippen LogP contribution in [0.15, 0.2) is 114 Å². The fraction of sp³-hybridized carbons (Fsp3) is 0.242. The largest absolute Gasteiger partial charge is 0.457 e. The number of hydrogen-bond donors (Lipinski definition) is 0. The van der Waals surface area contributed by atoms with Crippen LogP contribution in [0.3, 0.4) is 0 Å². The fourth-order valence-corrected chi connectivity index (χ4v) is 5.61. The van der Waals surface area contributed by atoms with Crippen molar-refractivity contribution in [3.63, 3.8) is 0 Å². The van der Waals surface area contributed by atoms with E-state index in [2.05, 4.69) is 64.1 Å². The van der Waals surface area contributed by atoms with Crippen molar-refractivity contribution in [3.8, 4) is 11.5 Å². The Hall–Kier alpha value is -4.09. The smallest absolute Gasteiger partial charge is 0.329 e. The van der Waals surface area contributed by atoms with Gasteiger partial charge in [0.05, 0.1) is 11.0 Å². The predicted molar refractivity (Wildman–Crippen MR) is 153 cm³/mol. The summed E-state index contributed by atoms with van der Waals surface area (Å²) in [5, 5.41) is 0. The molecule has 38 heavy (non-hydrogen) atoms. The van der Waals surface area contributed by atoms with Crippen molar-refractivity contribution in [3.05, 3.63) is 131 Å². The zero-order valence-corrected chi connectivity index (χ0v) is 21.6. The van der Waals surface area contributed by atoms with E-state index in [1.54, 1.807) is 0 Å². The van der Waals surface area contributed by atoms with Gasteiger partial charge < -0.3 is 4.74 Å². The number of rotatable bonds is 8. The first kappa shape index (κ1) is 24.3. The summed E-state index contributed by atoms with van der Waals surface area (Å²) in [6.07, 6.45) is 2.78. The van der Waals surface area contributed by atoms with Gasteiger partial charge in [-0.1, -0.05) is 72.8 Å². The lowest BCUT2D eigenvalue weighted by atomic mass is 10.0. The lowest BCUT2D eigenvalue weighted by Crippen LogP contribution is -2.37. The summed E-state index contributed by atoms with van der Waals surface area (Å²) in [7, 11) is 0. The quantitative estimate of drug-likeness (QED) is 0.237. The first-order valence-corrected chi connectivity index (χ1v) is 13.5. The van der Waals surface area contributed by atoms with Gasteiger partial charge in [0, 0.05) is 32.2 Å². The lowest BCUT2D eigenvalue weighted by molar-refractivity contribution is 0.179. The Morgan fingerprint density at radius 2 is 1.32 bits per heavy atom. The van der Waals surface area contributed by atoms with Gasteiger partial charge in [-0.05, 0) is 66.8 Å². The maximum absolute atomic E-state index is 13.7.